The molecule has 0 heterocycles. The van der Waals surface area contributed by atoms with E-state index >= 15 is 0 Å². The average Bonchev–Trinajstić information content (AvgIpc) is 2.06. The van der Waals surface area contributed by atoms with Gasteiger partial charge in [-0.2, -0.15) is 5.26 Å². The van der Waals surface area contributed by atoms with Crippen molar-refractivity contribution in [2.75, 3.05) is 0 Å². The van der Waals surface area contributed by atoms with E-state index in [9.17, 15) is 5.11 Å². The van der Waals surface area contributed by atoms with Crippen molar-refractivity contribution in [1.29, 1.82) is 5.26 Å². The minimum absolute atomic E-state index is 0.122. The summed E-state index contributed by atoms with van der Waals surface area (Å²) in [6.07, 6.45) is 0.122. The predicted octanol–water partition coefficient (Wildman–Crippen LogP) is 1.81. The number of hydrogen-bond donors (Lipinski definition) is 1. The summed E-state index contributed by atoms with van der Waals surface area (Å²) in [7, 11) is 0. The molecule has 0 aliphatic rings. The molecule has 1 aromatic carbocycles. The van der Waals surface area contributed by atoms with Gasteiger partial charge in [0.05, 0.1) is 18.1 Å². The van der Waals surface area contributed by atoms with Gasteiger partial charge in [0.15, 0.2) is 0 Å². The summed E-state index contributed by atoms with van der Waals surface area (Å²) in [6.45, 7) is 1.64. The van der Waals surface area contributed by atoms with Crippen LogP contribution in [0.2, 0.25) is 0 Å². The van der Waals surface area contributed by atoms with Gasteiger partial charge in [-0.15, -0.1) is 0 Å². The third-order valence-electron chi connectivity index (χ3n) is 1.82. The van der Waals surface area contributed by atoms with Crippen LogP contribution in [0.5, 0.6) is 0 Å². The van der Waals surface area contributed by atoms with Gasteiger partial charge in [-0.1, -0.05) is 30.3 Å². The van der Waals surface area contributed by atoms with E-state index in [1.807, 2.05) is 36.4 Å². The fourth-order valence-electron chi connectivity index (χ4n) is 1.05. The maximum absolute atomic E-state index is 9.76. The summed E-state index contributed by atoms with van der Waals surface area (Å²) < 4.78 is 0. The highest BCUT2D eigenvalue weighted by molar-refractivity contribution is 5.22. The molecular formula is C10H11NO. The molecule has 62 valence electrons. The SMILES string of the molecule is C[C@](O)(CC#N)c1ccccc1. The Morgan fingerprint density at radius 1 is 1.42 bits per heavy atom. The van der Waals surface area contributed by atoms with Crippen molar-refractivity contribution in [2.45, 2.75) is 18.9 Å². The van der Waals surface area contributed by atoms with Crippen molar-refractivity contribution in [3.05, 3.63) is 35.9 Å². The van der Waals surface area contributed by atoms with Crippen LogP contribution >= 0.6 is 0 Å². The number of aliphatic hydroxyl groups is 1. The molecule has 0 saturated heterocycles. The van der Waals surface area contributed by atoms with Crippen LogP contribution in [0, 0.1) is 11.3 Å². The molecule has 0 unspecified atom stereocenters. The van der Waals surface area contributed by atoms with Crippen LogP contribution < -0.4 is 0 Å². The second-order valence-electron chi connectivity index (χ2n) is 2.97. The van der Waals surface area contributed by atoms with E-state index < -0.39 is 5.60 Å². The van der Waals surface area contributed by atoms with Crippen LogP contribution in [-0.4, -0.2) is 5.11 Å². The van der Waals surface area contributed by atoms with Gasteiger partial charge >= 0.3 is 0 Å². The molecular weight excluding hydrogens is 150 g/mol. The fraction of sp³-hybridized carbons (Fsp3) is 0.300. The van der Waals surface area contributed by atoms with E-state index in [0.29, 0.717) is 0 Å². The monoisotopic (exact) mass is 161 g/mol. The van der Waals surface area contributed by atoms with E-state index in [1.54, 1.807) is 6.92 Å². The Morgan fingerprint density at radius 3 is 2.50 bits per heavy atom. The van der Waals surface area contributed by atoms with Crippen LogP contribution in [0.25, 0.3) is 0 Å². The number of benzene rings is 1. The highest BCUT2D eigenvalue weighted by atomic mass is 16.3. The zero-order chi connectivity index (χ0) is 9.03. The van der Waals surface area contributed by atoms with Crippen LogP contribution in [0.1, 0.15) is 18.9 Å². The molecule has 0 amide bonds. The zero-order valence-electron chi connectivity index (χ0n) is 6.99. The normalized spacial score (nSPS) is 14.8. The fourth-order valence-corrected chi connectivity index (χ4v) is 1.05. The molecule has 0 radical (unpaired) electrons. The number of nitrogens with zero attached hydrogens (tertiary/aromatic N) is 1. The number of nitriles is 1. The van der Waals surface area contributed by atoms with E-state index in [1.165, 1.54) is 0 Å². The average molecular weight is 161 g/mol. The molecule has 1 atom stereocenters. The van der Waals surface area contributed by atoms with Gasteiger partial charge in [0, 0.05) is 0 Å². The smallest absolute Gasteiger partial charge is 0.0997 e. The van der Waals surface area contributed by atoms with Crippen molar-refractivity contribution >= 4 is 0 Å². The number of hydrogen-bond acceptors (Lipinski definition) is 2. The Kier molecular flexibility index (Phi) is 2.47. The summed E-state index contributed by atoms with van der Waals surface area (Å²) in [6, 6.07) is 11.2. The molecule has 2 nitrogen and oxygen atoms in total. The first-order valence-electron chi connectivity index (χ1n) is 3.82. The molecule has 1 rings (SSSR count). The lowest BCUT2D eigenvalue weighted by Crippen LogP contribution is -2.19. The molecule has 12 heavy (non-hydrogen) atoms. The van der Waals surface area contributed by atoms with Crippen LogP contribution in [0.3, 0.4) is 0 Å². The van der Waals surface area contributed by atoms with Crippen molar-refractivity contribution in [2.24, 2.45) is 0 Å². The quantitative estimate of drug-likeness (QED) is 0.718. The van der Waals surface area contributed by atoms with E-state index in [0.717, 1.165) is 5.56 Å². The molecule has 0 saturated carbocycles. The lowest BCUT2D eigenvalue weighted by molar-refractivity contribution is 0.0624. The molecule has 0 aliphatic heterocycles. The highest BCUT2D eigenvalue weighted by Crippen LogP contribution is 2.22. The standard InChI is InChI=1S/C10H11NO/c1-10(12,7-8-11)9-5-3-2-4-6-9/h2-6,12H,7H2,1H3/t10-/m0/s1. The van der Waals surface area contributed by atoms with Gasteiger partial charge < -0.3 is 5.11 Å². The van der Waals surface area contributed by atoms with Gasteiger partial charge in [-0.3, -0.25) is 0 Å². The third kappa shape index (κ3) is 1.84. The van der Waals surface area contributed by atoms with E-state index in [2.05, 4.69) is 0 Å². The molecule has 0 spiro atoms. The topological polar surface area (TPSA) is 44.0 Å². The van der Waals surface area contributed by atoms with Crippen molar-refractivity contribution < 1.29 is 5.11 Å². The third-order valence-corrected chi connectivity index (χ3v) is 1.82. The first-order valence-corrected chi connectivity index (χ1v) is 3.82. The van der Waals surface area contributed by atoms with Crippen molar-refractivity contribution in [1.82, 2.24) is 0 Å². The lowest BCUT2D eigenvalue weighted by Gasteiger charge is -2.19. The highest BCUT2D eigenvalue weighted by Gasteiger charge is 2.21. The second kappa shape index (κ2) is 3.38. The van der Waals surface area contributed by atoms with Crippen molar-refractivity contribution in [3.63, 3.8) is 0 Å². The van der Waals surface area contributed by atoms with Gasteiger partial charge in [0.25, 0.3) is 0 Å². The van der Waals surface area contributed by atoms with Gasteiger partial charge in [-0.05, 0) is 12.5 Å². The summed E-state index contributed by atoms with van der Waals surface area (Å²) >= 11 is 0. The van der Waals surface area contributed by atoms with Crippen LogP contribution in [0.15, 0.2) is 30.3 Å². The summed E-state index contributed by atoms with van der Waals surface area (Å²) in [5.41, 5.74) is -0.234. The first-order chi connectivity index (χ1) is 5.67. The molecule has 0 fully saturated rings. The minimum Gasteiger partial charge on any atom is -0.384 e. The maximum Gasteiger partial charge on any atom is 0.0997 e. The van der Waals surface area contributed by atoms with Crippen LogP contribution in [-0.2, 0) is 5.60 Å². The molecule has 0 bridgehead atoms. The second-order valence-corrected chi connectivity index (χ2v) is 2.97. The molecule has 0 aliphatic carbocycles. The predicted molar refractivity (Wildman–Crippen MR) is 46.2 cm³/mol. The molecule has 1 aromatic rings. The summed E-state index contributed by atoms with van der Waals surface area (Å²) in [4.78, 5) is 0. The Morgan fingerprint density at radius 2 is 2.00 bits per heavy atom. The first kappa shape index (κ1) is 8.76. The zero-order valence-corrected chi connectivity index (χ0v) is 6.99. The van der Waals surface area contributed by atoms with Gasteiger partial charge in [0.1, 0.15) is 0 Å². The maximum atomic E-state index is 9.76. The largest absolute Gasteiger partial charge is 0.384 e. The van der Waals surface area contributed by atoms with Crippen LogP contribution in [0.4, 0.5) is 0 Å². The summed E-state index contributed by atoms with van der Waals surface area (Å²) in [5, 5.41) is 18.2. The minimum atomic E-state index is -1.02. The Labute approximate surface area is 72.1 Å². The van der Waals surface area contributed by atoms with Gasteiger partial charge in [-0.25, -0.2) is 0 Å². The Balaban J connectivity index is 2.91. The van der Waals surface area contributed by atoms with E-state index in [-0.39, 0.29) is 6.42 Å². The number of rotatable bonds is 2. The van der Waals surface area contributed by atoms with Gasteiger partial charge in [0.2, 0.25) is 0 Å². The molecule has 0 aromatic heterocycles. The van der Waals surface area contributed by atoms with E-state index in [4.69, 9.17) is 5.26 Å². The summed E-state index contributed by atoms with van der Waals surface area (Å²) in [5.74, 6) is 0. The lowest BCUT2D eigenvalue weighted by atomic mass is 9.93. The Hall–Kier alpha value is -1.33. The Bertz CT molecular complexity index is 284. The van der Waals surface area contributed by atoms with Crippen molar-refractivity contribution in [3.8, 4) is 6.07 Å². The molecule has 2 heteroatoms. The molecule has 1 N–H and O–H groups in total.